The second-order valence-corrected chi connectivity index (χ2v) is 5.92. The molecule has 0 saturated heterocycles. The molecule has 3 aromatic rings. The van der Waals surface area contributed by atoms with Crippen molar-refractivity contribution in [3.8, 4) is 0 Å². The molecule has 3 nitrogen and oxygen atoms in total. The van der Waals surface area contributed by atoms with E-state index in [4.69, 9.17) is 0 Å². The quantitative estimate of drug-likeness (QED) is 0.750. The highest BCUT2D eigenvalue weighted by Crippen LogP contribution is 2.30. The molecular formula is C22H18N2O. The Kier molecular flexibility index (Phi) is 4.05. The van der Waals surface area contributed by atoms with Gasteiger partial charge in [0.15, 0.2) is 0 Å². The first kappa shape index (κ1) is 15.2. The van der Waals surface area contributed by atoms with Crippen LogP contribution >= 0.6 is 0 Å². The normalized spacial score (nSPS) is 16.6. The molecule has 0 radical (unpaired) electrons. The molecule has 1 heterocycles. The van der Waals surface area contributed by atoms with Gasteiger partial charge in [0, 0.05) is 11.4 Å². The zero-order valence-electron chi connectivity index (χ0n) is 13.7. The topological polar surface area (TPSA) is 32.3 Å². The van der Waals surface area contributed by atoms with Gasteiger partial charge in [-0.25, -0.2) is 0 Å². The number of hydrogen-bond donors (Lipinski definition) is 1. The van der Waals surface area contributed by atoms with Crippen LogP contribution in [0.1, 0.15) is 15.9 Å². The minimum Gasteiger partial charge on any atom is -0.361 e. The SMILES string of the molecule is O=C1c2ccccc2NC(C=Cc2ccccc2)N1c1ccccc1. The molecule has 1 amide bonds. The standard InChI is InChI=1S/C22H18N2O/c25-22-19-13-7-8-14-20(19)23-21(16-15-17-9-3-1-4-10-17)24(22)18-11-5-2-6-12-18/h1-16,21,23H. The van der Waals surface area contributed by atoms with Gasteiger partial charge in [-0.15, -0.1) is 0 Å². The summed E-state index contributed by atoms with van der Waals surface area (Å²) in [6.45, 7) is 0. The molecule has 1 aliphatic heterocycles. The van der Waals surface area contributed by atoms with Gasteiger partial charge in [0.25, 0.3) is 5.91 Å². The number of hydrogen-bond acceptors (Lipinski definition) is 2. The number of carbonyl (C=O) groups excluding carboxylic acids is 1. The average molecular weight is 326 g/mol. The summed E-state index contributed by atoms with van der Waals surface area (Å²) in [5.41, 5.74) is 3.53. The first-order valence-corrected chi connectivity index (χ1v) is 8.30. The van der Waals surface area contributed by atoms with Gasteiger partial charge in [-0.3, -0.25) is 9.69 Å². The molecule has 3 heteroatoms. The molecule has 1 N–H and O–H groups in total. The molecule has 0 bridgehead atoms. The largest absolute Gasteiger partial charge is 0.361 e. The Morgan fingerprint density at radius 3 is 2.20 bits per heavy atom. The van der Waals surface area contributed by atoms with Crippen LogP contribution in [-0.2, 0) is 0 Å². The molecule has 1 aliphatic rings. The van der Waals surface area contributed by atoms with Crippen LogP contribution in [0.25, 0.3) is 6.08 Å². The highest BCUT2D eigenvalue weighted by molar-refractivity contribution is 6.12. The Labute approximate surface area is 147 Å². The van der Waals surface area contributed by atoms with Gasteiger partial charge >= 0.3 is 0 Å². The highest BCUT2D eigenvalue weighted by atomic mass is 16.2. The molecule has 0 saturated carbocycles. The lowest BCUT2D eigenvalue weighted by Crippen LogP contribution is -2.48. The predicted molar refractivity (Wildman–Crippen MR) is 103 cm³/mol. The van der Waals surface area contributed by atoms with Crippen LogP contribution < -0.4 is 10.2 Å². The number of nitrogens with one attached hydrogen (secondary N) is 1. The van der Waals surface area contributed by atoms with Crippen molar-refractivity contribution in [3.63, 3.8) is 0 Å². The number of benzene rings is 3. The van der Waals surface area contributed by atoms with Crippen LogP contribution in [0.3, 0.4) is 0 Å². The van der Waals surface area contributed by atoms with Crippen molar-refractivity contribution in [2.24, 2.45) is 0 Å². The lowest BCUT2D eigenvalue weighted by molar-refractivity contribution is 0.0980. The van der Waals surface area contributed by atoms with Crippen LogP contribution in [0.5, 0.6) is 0 Å². The van der Waals surface area contributed by atoms with E-state index in [2.05, 4.69) is 5.32 Å². The number of fused-ring (bicyclic) bond motifs is 1. The van der Waals surface area contributed by atoms with Gasteiger partial charge in [-0.1, -0.05) is 66.7 Å². The predicted octanol–water partition coefficient (Wildman–Crippen LogP) is 4.80. The molecule has 0 aromatic heterocycles. The molecular weight excluding hydrogens is 308 g/mol. The van der Waals surface area contributed by atoms with Crippen LogP contribution in [0.2, 0.25) is 0 Å². The van der Waals surface area contributed by atoms with E-state index in [9.17, 15) is 4.79 Å². The molecule has 25 heavy (non-hydrogen) atoms. The number of nitrogens with zero attached hydrogens (tertiary/aromatic N) is 1. The fourth-order valence-corrected chi connectivity index (χ4v) is 3.04. The zero-order chi connectivity index (χ0) is 17.1. The maximum atomic E-state index is 13.1. The number of carbonyl (C=O) groups is 1. The summed E-state index contributed by atoms with van der Waals surface area (Å²) in [5.74, 6) is 0.00302. The summed E-state index contributed by atoms with van der Waals surface area (Å²) < 4.78 is 0. The Morgan fingerprint density at radius 1 is 0.800 bits per heavy atom. The van der Waals surface area contributed by atoms with Gasteiger partial charge in [0.2, 0.25) is 0 Å². The van der Waals surface area contributed by atoms with E-state index in [1.54, 1.807) is 4.90 Å². The van der Waals surface area contributed by atoms with Crippen molar-refractivity contribution in [1.29, 1.82) is 0 Å². The first-order valence-electron chi connectivity index (χ1n) is 8.30. The summed E-state index contributed by atoms with van der Waals surface area (Å²) in [6, 6.07) is 27.5. The fourth-order valence-electron chi connectivity index (χ4n) is 3.04. The minimum atomic E-state index is -0.245. The Bertz CT molecular complexity index is 904. The maximum Gasteiger partial charge on any atom is 0.262 e. The van der Waals surface area contributed by atoms with Gasteiger partial charge in [-0.05, 0) is 35.9 Å². The number of amides is 1. The maximum absolute atomic E-state index is 13.1. The summed E-state index contributed by atoms with van der Waals surface area (Å²) >= 11 is 0. The van der Waals surface area contributed by atoms with Gasteiger partial charge < -0.3 is 5.32 Å². The summed E-state index contributed by atoms with van der Waals surface area (Å²) in [7, 11) is 0. The molecule has 1 unspecified atom stereocenters. The van der Waals surface area contributed by atoms with Crippen molar-refractivity contribution in [2.45, 2.75) is 6.17 Å². The molecule has 0 spiro atoms. The molecule has 122 valence electrons. The second kappa shape index (κ2) is 6.65. The van der Waals surface area contributed by atoms with Crippen LogP contribution in [-0.4, -0.2) is 12.1 Å². The third kappa shape index (κ3) is 3.04. The van der Waals surface area contributed by atoms with Gasteiger partial charge in [-0.2, -0.15) is 0 Å². The van der Waals surface area contributed by atoms with Gasteiger partial charge in [0.1, 0.15) is 6.17 Å². The molecule has 0 fully saturated rings. The van der Waals surface area contributed by atoms with Crippen molar-refractivity contribution in [2.75, 3.05) is 10.2 Å². The van der Waals surface area contributed by atoms with E-state index in [1.165, 1.54) is 0 Å². The summed E-state index contributed by atoms with van der Waals surface area (Å²) in [5, 5.41) is 3.46. The van der Waals surface area contributed by atoms with E-state index in [1.807, 2.05) is 97.1 Å². The number of para-hydroxylation sites is 2. The first-order chi connectivity index (χ1) is 12.3. The fraction of sp³-hybridized carbons (Fsp3) is 0.0455. The smallest absolute Gasteiger partial charge is 0.262 e. The lowest BCUT2D eigenvalue weighted by atomic mass is 10.1. The number of rotatable bonds is 3. The summed E-state index contributed by atoms with van der Waals surface area (Å²) in [6.07, 6.45) is 3.82. The van der Waals surface area contributed by atoms with Crippen molar-refractivity contribution in [1.82, 2.24) is 0 Å². The highest BCUT2D eigenvalue weighted by Gasteiger charge is 2.31. The van der Waals surface area contributed by atoms with Crippen LogP contribution in [0.4, 0.5) is 11.4 Å². The Hall–Kier alpha value is -3.33. The lowest BCUT2D eigenvalue weighted by Gasteiger charge is -2.36. The Morgan fingerprint density at radius 2 is 1.44 bits per heavy atom. The van der Waals surface area contributed by atoms with Crippen LogP contribution in [0, 0.1) is 0 Å². The molecule has 3 aromatic carbocycles. The van der Waals surface area contributed by atoms with Crippen molar-refractivity contribution < 1.29 is 4.79 Å². The second-order valence-electron chi connectivity index (χ2n) is 5.92. The third-order valence-electron chi connectivity index (χ3n) is 4.26. The number of anilines is 2. The van der Waals surface area contributed by atoms with E-state index in [0.717, 1.165) is 16.9 Å². The zero-order valence-corrected chi connectivity index (χ0v) is 13.7. The minimum absolute atomic E-state index is 0.00302. The monoisotopic (exact) mass is 326 g/mol. The van der Waals surface area contributed by atoms with Crippen LogP contribution in [0.15, 0.2) is 91.0 Å². The third-order valence-corrected chi connectivity index (χ3v) is 4.26. The molecule has 1 atom stereocenters. The van der Waals surface area contributed by atoms with E-state index < -0.39 is 0 Å². The molecule has 0 aliphatic carbocycles. The van der Waals surface area contributed by atoms with Crippen molar-refractivity contribution >= 4 is 23.4 Å². The molecule has 4 rings (SSSR count). The van der Waals surface area contributed by atoms with Crippen molar-refractivity contribution in [3.05, 3.63) is 102 Å². The van der Waals surface area contributed by atoms with Gasteiger partial charge in [0.05, 0.1) is 5.56 Å². The van der Waals surface area contributed by atoms with E-state index in [-0.39, 0.29) is 12.1 Å². The van der Waals surface area contributed by atoms with E-state index in [0.29, 0.717) is 5.56 Å². The average Bonchev–Trinajstić information content (AvgIpc) is 2.68. The Balaban J connectivity index is 1.74. The van der Waals surface area contributed by atoms with E-state index >= 15 is 0 Å². The summed E-state index contributed by atoms with van der Waals surface area (Å²) in [4.78, 5) is 14.9.